The lowest BCUT2D eigenvalue weighted by Crippen LogP contribution is -2.42. The molecule has 1 aromatic heterocycles. The molecule has 5 rings (SSSR count). The second-order valence-electron chi connectivity index (χ2n) is 9.18. The normalized spacial score (nSPS) is 18.9. The molecular weight excluding hydrogens is 454 g/mol. The van der Waals surface area contributed by atoms with Crippen molar-refractivity contribution < 1.29 is 14.3 Å². The Morgan fingerprint density at radius 1 is 1.11 bits per heavy atom. The summed E-state index contributed by atoms with van der Waals surface area (Å²) in [5.74, 6) is 1.13. The van der Waals surface area contributed by atoms with Crippen LogP contribution in [0.2, 0.25) is 0 Å². The molecule has 1 fully saturated rings. The van der Waals surface area contributed by atoms with Gasteiger partial charge in [0.2, 0.25) is 11.9 Å². The third-order valence-corrected chi connectivity index (χ3v) is 6.89. The van der Waals surface area contributed by atoms with Gasteiger partial charge in [-0.2, -0.15) is 0 Å². The van der Waals surface area contributed by atoms with Crippen molar-refractivity contribution in [1.29, 1.82) is 0 Å². The number of benzene rings is 2. The molecule has 8 heteroatoms. The fraction of sp³-hybridized carbons (Fsp3) is 0.286. The van der Waals surface area contributed by atoms with E-state index in [4.69, 9.17) is 4.74 Å². The second-order valence-corrected chi connectivity index (χ2v) is 9.18. The van der Waals surface area contributed by atoms with E-state index in [2.05, 4.69) is 27.2 Å². The number of hydrogen-bond acceptors (Lipinski definition) is 6. The van der Waals surface area contributed by atoms with Crippen LogP contribution in [0.4, 0.5) is 11.6 Å². The Kier molecular flexibility index (Phi) is 6.66. The summed E-state index contributed by atoms with van der Waals surface area (Å²) in [6.07, 6.45) is 8.69. The van der Waals surface area contributed by atoms with Crippen LogP contribution in [-0.4, -0.2) is 45.9 Å². The lowest BCUT2D eigenvalue weighted by atomic mass is 9.90. The molecule has 2 aromatic carbocycles. The van der Waals surface area contributed by atoms with Gasteiger partial charge < -0.3 is 20.3 Å². The third kappa shape index (κ3) is 4.93. The van der Waals surface area contributed by atoms with Crippen molar-refractivity contribution in [1.82, 2.24) is 14.9 Å². The SMILES string of the molecule is C=CC(=O)Nc1ccc2c(c1)C(=O)N([C@H]1CCC[C@@H](Nc3ncc(-c4ccc(OC)cc4)cn3)C1)C2. The van der Waals surface area contributed by atoms with Crippen LogP contribution in [0.3, 0.4) is 0 Å². The molecule has 1 aliphatic carbocycles. The quantitative estimate of drug-likeness (QED) is 0.475. The zero-order chi connectivity index (χ0) is 25.1. The highest BCUT2D eigenvalue weighted by Gasteiger charge is 2.35. The minimum absolute atomic E-state index is 0.0189. The average molecular weight is 484 g/mol. The summed E-state index contributed by atoms with van der Waals surface area (Å²) < 4.78 is 5.22. The largest absolute Gasteiger partial charge is 0.497 e. The van der Waals surface area contributed by atoms with E-state index in [0.717, 1.165) is 48.1 Å². The summed E-state index contributed by atoms with van der Waals surface area (Å²) in [4.78, 5) is 35.9. The zero-order valence-corrected chi connectivity index (χ0v) is 20.2. The molecule has 184 valence electrons. The van der Waals surface area contributed by atoms with Gasteiger partial charge in [-0.3, -0.25) is 9.59 Å². The van der Waals surface area contributed by atoms with Crippen LogP contribution in [-0.2, 0) is 11.3 Å². The molecule has 0 saturated heterocycles. The number of nitrogens with one attached hydrogen (secondary N) is 2. The number of amides is 2. The molecule has 2 N–H and O–H groups in total. The highest BCUT2D eigenvalue weighted by atomic mass is 16.5. The number of anilines is 2. The lowest BCUT2D eigenvalue weighted by Gasteiger charge is -2.35. The maximum Gasteiger partial charge on any atom is 0.254 e. The van der Waals surface area contributed by atoms with Gasteiger partial charge in [0, 0.05) is 47.8 Å². The van der Waals surface area contributed by atoms with E-state index < -0.39 is 0 Å². The van der Waals surface area contributed by atoms with Crippen molar-refractivity contribution in [2.45, 2.75) is 44.3 Å². The molecule has 2 atom stereocenters. The molecule has 2 aliphatic rings. The van der Waals surface area contributed by atoms with Crippen molar-refractivity contribution in [3.8, 4) is 16.9 Å². The molecular formula is C28H29N5O3. The summed E-state index contributed by atoms with van der Waals surface area (Å²) in [5, 5.41) is 6.20. The number of carbonyl (C=O) groups excluding carboxylic acids is 2. The molecule has 3 aromatic rings. The zero-order valence-electron chi connectivity index (χ0n) is 20.2. The van der Waals surface area contributed by atoms with Crippen molar-refractivity contribution in [2.75, 3.05) is 17.7 Å². The maximum atomic E-state index is 13.2. The predicted molar refractivity (Wildman–Crippen MR) is 139 cm³/mol. The monoisotopic (exact) mass is 483 g/mol. The first-order chi connectivity index (χ1) is 17.5. The lowest BCUT2D eigenvalue weighted by molar-refractivity contribution is -0.111. The first kappa shape index (κ1) is 23.5. The summed E-state index contributed by atoms with van der Waals surface area (Å²) in [6, 6.07) is 13.6. The Labute approximate surface area is 210 Å². The maximum absolute atomic E-state index is 13.2. The Bertz CT molecular complexity index is 1270. The van der Waals surface area contributed by atoms with Crippen LogP contribution >= 0.6 is 0 Å². The van der Waals surface area contributed by atoms with Gasteiger partial charge in [-0.1, -0.05) is 24.8 Å². The van der Waals surface area contributed by atoms with Gasteiger partial charge in [0.05, 0.1) is 7.11 Å². The van der Waals surface area contributed by atoms with E-state index in [0.29, 0.717) is 23.7 Å². The fourth-order valence-corrected chi connectivity index (χ4v) is 4.99. The Morgan fingerprint density at radius 2 is 1.89 bits per heavy atom. The van der Waals surface area contributed by atoms with Gasteiger partial charge in [0.15, 0.2) is 0 Å². The van der Waals surface area contributed by atoms with Crippen molar-refractivity contribution in [3.05, 3.63) is 78.6 Å². The van der Waals surface area contributed by atoms with E-state index >= 15 is 0 Å². The van der Waals surface area contributed by atoms with E-state index in [-0.39, 0.29) is 23.9 Å². The number of methoxy groups -OCH3 is 1. The number of fused-ring (bicyclic) bond motifs is 1. The van der Waals surface area contributed by atoms with Gasteiger partial charge in [-0.15, -0.1) is 0 Å². The highest BCUT2D eigenvalue weighted by molar-refractivity contribution is 6.02. The number of ether oxygens (including phenoxy) is 1. The van der Waals surface area contributed by atoms with Crippen molar-refractivity contribution >= 4 is 23.5 Å². The summed E-state index contributed by atoms with van der Waals surface area (Å²) in [6.45, 7) is 4.06. The van der Waals surface area contributed by atoms with Crippen LogP contribution in [0, 0.1) is 0 Å². The van der Waals surface area contributed by atoms with Crippen molar-refractivity contribution in [2.24, 2.45) is 0 Å². The van der Waals surface area contributed by atoms with Gasteiger partial charge in [0.25, 0.3) is 5.91 Å². The van der Waals surface area contributed by atoms with Crippen LogP contribution in [0.1, 0.15) is 41.6 Å². The van der Waals surface area contributed by atoms with Gasteiger partial charge in [-0.25, -0.2) is 9.97 Å². The first-order valence-electron chi connectivity index (χ1n) is 12.1. The van der Waals surface area contributed by atoms with Crippen molar-refractivity contribution in [3.63, 3.8) is 0 Å². The molecule has 1 saturated carbocycles. The number of rotatable bonds is 7. The van der Waals surface area contributed by atoms with E-state index in [1.165, 1.54) is 6.08 Å². The number of hydrogen-bond donors (Lipinski definition) is 2. The molecule has 1 aliphatic heterocycles. The smallest absolute Gasteiger partial charge is 0.254 e. The molecule has 36 heavy (non-hydrogen) atoms. The minimum Gasteiger partial charge on any atom is -0.497 e. The topological polar surface area (TPSA) is 96.5 Å². The third-order valence-electron chi connectivity index (χ3n) is 6.89. The van der Waals surface area contributed by atoms with Gasteiger partial charge in [-0.05, 0) is 67.2 Å². The Balaban J connectivity index is 1.22. The van der Waals surface area contributed by atoms with Crippen LogP contribution in [0.5, 0.6) is 5.75 Å². The Morgan fingerprint density at radius 3 is 2.61 bits per heavy atom. The molecule has 8 nitrogen and oxygen atoms in total. The highest BCUT2D eigenvalue weighted by Crippen LogP contribution is 2.33. The number of aromatic nitrogens is 2. The van der Waals surface area contributed by atoms with E-state index in [1.54, 1.807) is 13.2 Å². The number of carbonyl (C=O) groups is 2. The molecule has 2 heterocycles. The number of nitrogens with zero attached hydrogens (tertiary/aromatic N) is 3. The summed E-state index contributed by atoms with van der Waals surface area (Å²) in [5.41, 5.74) is 4.22. The standard InChI is InChI=1S/C28H29N5O3/c1-3-26(34)31-22-10-7-19-17-33(27(35)25(19)14-22)23-6-4-5-21(13-23)32-28-29-15-20(16-30-28)18-8-11-24(36-2)12-9-18/h3,7-12,14-16,21,23H,1,4-6,13,17H2,2H3,(H,31,34)(H,29,30,32)/t21-,23+/m1/s1. The van der Waals surface area contributed by atoms with Gasteiger partial charge in [0.1, 0.15) is 5.75 Å². The fourth-order valence-electron chi connectivity index (χ4n) is 4.99. The van der Waals surface area contributed by atoms with Crippen LogP contribution < -0.4 is 15.4 Å². The van der Waals surface area contributed by atoms with Crippen LogP contribution in [0.25, 0.3) is 11.1 Å². The molecule has 0 radical (unpaired) electrons. The summed E-state index contributed by atoms with van der Waals surface area (Å²) >= 11 is 0. The van der Waals surface area contributed by atoms with E-state index in [1.807, 2.05) is 53.7 Å². The predicted octanol–water partition coefficient (Wildman–Crippen LogP) is 4.66. The first-order valence-corrected chi connectivity index (χ1v) is 12.1. The molecule has 2 amide bonds. The van der Waals surface area contributed by atoms with E-state index in [9.17, 15) is 9.59 Å². The van der Waals surface area contributed by atoms with Crippen LogP contribution in [0.15, 0.2) is 67.5 Å². The molecule has 0 spiro atoms. The molecule has 0 unspecified atom stereocenters. The van der Waals surface area contributed by atoms with Gasteiger partial charge >= 0.3 is 0 Å². The Hall–Kier alpha value is -4.20. The second kappa shape index (κ2) is 10.2. The summed E-state index contributed by atoms with van der Waals surface area (Å²) in [7, 11) is 1.65. The molecule has 0 bridgehead atoms. The average Bonchev–Trinajstić information content (AvgIpc) is 3.25. The minimum atomic E-state index is -0.294.